The van der Waals surface area contributed by atoms with Crippen LogP contribution in [0.1, 0.15) is 28.9 Å². The first kappa shape index (κ1) is 19.3. The lowest BCUT2D eigenvalue weighted by atomic mass is 10.0. The lowest BCUT2D eigenvalue weighted by molar-refractivity contribution is -0.137. The van der Waals surface area contributed by atoms with Crippen LogP contribution < -0.4 is 4.74 Å². The van der Waals surface area contributed by atoms with E-state index in [9.17, 15) is 22.8 Å². The Morgan fingerprint density at radius 2 is 1.83 bits per heavy atom. The molecule has 1 aromatic carbocycles. The van der Waals surface area contributed by atoms with Crippen molar-refractivity contribution >= 4 is 12.0 Å². The molecule has 2 aromatic rings. The zero-order valence-corrected chi connectivity index (χ0v) is 15.2. The average molecular weight is 409 g/mol. The topological polar surface area (TPSA) is 84.7 Å². The normalized spacial score (nSPS) is 23.8. The molecule has 2 atom stereocenters. The van der Waals surface area contributed by atoms with E-state index in [4.69, 9.17) is 9.84 Å². The second-order valence-corrected chi connectivity index (χ2v) is 7.40. The number of nitrogens with zero attached hydrogens (tertiary/aromatic N) is 3. The zero-order chi connectivity index (χ0) is 20.8. The van der Waals surface area contributed by atoms with Crippen LogP contribution >= 0.6 is 0 Å². The lowest BCUT2D eigenvalue weighted by Crippen LogP contribution is -2.34. The molecule has 1 aliphatic carbocycles. The van der Waals surface area contributed by atoms with Gasteiger partial charge in [0, 0.05) is 19.3 Å². The van der Waals surface area contributed by atoms with Gasteiger partial charge in [-0.2, -0.15) is 23.0 Å². The predicted octanol–water partition coefficient (Wildman–Crippen LogP) is 3.36. The quantitative estimate of drug-likeness (QED) is 0.841. The van der Waals surface area contributed by atoms with Gasteiger partial charge in [-0.3, -0.25) is 0 Å². The van der Waals surface area contributed by atoms with Crippen molar-refractivity contribution in [3.63, 3.8) is 0 Å². The second-order valence-electron chi connectivity index (χ2n) is 7.40. The van der Waals surface area contributed by atoms with E-state index in [0.717, 1.165) is 16.8 Å². The van der Waals surface area contributed by atoms with Gasteiger partial charge in [0.05, 0.1) is 11.7 Å². The van der Waals surface area contributed by atoms with E-state index in [2.05, 4.69) is 5.10 Å². The van der Waals surface area contributed by atoms with Crippen molar-refractivity contribution in [1.82, 2.24) is 14.7 Å². The maximum Gasteiger partial charge on any atom is 0.416 e. The van der Waals surface area contributed by atoms with Crippen LogP contribution in [0.15, 0.2) is 36.5 Å². The van der Waals surface area contributed by atoms with Gasteiger partial charge in [-0.15, -0.1) is 0 Å². The fourth-order valence-corrected chi connectivity index (χ4v) is 4.12. The number of likely N-dealkylation sites (tertiary alicyclic amines) is 1. The van der Waals surface area contributed by atoms with Crippen molar-refractivity contribution < 1.29 is 32.6 Å². The molecule has 0 radical (unpaired) electrons. The van der Waals surface area contributed by atoms with Gasteiger partial charge in [0.15, 0.2) is 5.69 Å². The average Bonchev–Trinajstić information content (AvgIpc) is 3.35. The molecule has 2 aliphatic rings. The summed E-state index contributed by atoms with van der Waals surface area (Å²) in [6.45, 7) is 0.961. The number of aromatic nitrogens is 2. The summed E-state index contributed by atoms with van der Waals surface area (Å²) in [5.74, 6) is -0.645. The summed E-state index contributed by atoms with van der Waals surface area (Å²) in [6, 6.07) is 5.71. The van der Waals surface area contributed by atoms with Crippen molar-refractivity contribution in [3.05, 3.63) is 47.8 Å². The maximum absolute atomic E-state index is 12.8. The molecular formula is C19H18F3N3O4. The van der Waals surface area contributed by atoms with Crippen LogP contribution in [0, 0.1) is 11.8 Å². The van der Waals surface area contributed by atoms with Crippen molar-refractivity contribution in [3.8, 4) is 5.75 Å². The fourth-order valence-electron chi connectivity index (χ4n) is 4.12. The van der Waals surface area contributed by atoms with E-state index in [1.165, 1.54) is 24.4 Å². The Morgan fingerprint density at radius 3 is 2.41 bits per heavy atom. The van der Waals surface area contributed by atoms with Gasteiger partial charge in [0.1, 0.15) is 5.75 Å². The van der Waals surface area contributed by atoms with E-state index in [1.54, 1.807) is 4.90 Å². The van der Waals surface area contributed by atoms with Gasteiger partial charge in [0.25, 0.3) is 0 Å². The van der Waals surface area contributed by atoms with Crippen molar-refractivity contribution in [2.75, 3.05) is 13.1 Å². The molecule has 10 heteroatoms. The summed E-state index contributed by atoms with van der Waals surface area (Å²) in [5, 5.41) is 12.7. The molecule has 154 valence electrons. The molecule has 7 nitrogen and oxygen atoms in total. The molecule has 2 heterocycles. The lowest BCUT2D eigenvalue weighted by Gasteiger charge is -2.20. The van der Waals surface area contributed by atoms with Gasteiger partial charge in [-0.05, 0) is 48.9 Å². The Kier molecular flexibility index (Phi) is 4.71. The predicted molar refractivity (Wildman–Crippen MR) is 93.6 cm³/mol. The summed E-state index contributed by atoms with van der Waals surface area (Å²) >= 11 is 0. The highest BCUT2D eigenvalue weighted by atomic mass is 19.4. The number of fused-ring (bicyclic) bond motifs is 1. The molecule has 1 saturated heterocycles. The van der Waals surface area contributed by atoms with Gasteiger partial charge < -0.3 is 14.7 Å². The highest BCUT2D eigenvalue weighted by Crippen LogP contribution is 2.40. The van der Waals surface area contributed by atoms with Crippen LogP contribution in [0.5, 0.6) is 5.75 Å². The number of aromatic carboxylic acids is 1. The number of carbonyl (C=O) groups excluding carboxylic acids is 1. The van der Waals surface area contributed by atoms with Crippen LogP contribution in [0.3, 0.4) is 0 Å². The molecule has 1 amide bonds. The molecular weight excluding hydrogens is 391 g/mol. The number of hydrogen-bond acceptors (Lipinski definition) is 4. The van der Waals surface area contributed by atoms with Crippen LogP contribution in [0.25, 0.3) is 0 Å². The van der Waals surface area contributed by atoms with Gasteiger partial charge in [-0.25, -0.2) is 9.59 Å². The largest absolute Gasteiger partial charge is 0.490 e. The Balaban J connectivity index is 1.35. The standard InChI is InChI=1S/C19H18F3N3O4/c20-19(21,22)13-2-1-3-14(8-13)29-15-6-11-9-24(10-12(11)7-15)18(28)25-5-4-16(23-25)17(26)27/h1-5,8,11-12,15H,6-7,9-10H2,(H,26,27). The molecule has 29 heavy (non-hydrogen) atoms. The summed E-state index contributed by atoms with van der Waals surface area (Å²) in [5.41, 5.74) is -0.947. The van der Waals surface area contributed by atoms with Gasteiger partial charge in [-0.1, -0.05) is 6.07 Å². The number of carbonyl (C=O) groups is 2. The molecule has 1 aliphatic heterocycles. The third-order valence-corrected chi connectivity index (χ3v) is 5.45. The summed E-state index contributed by atoms with van der Waals surface area (Å²) in [4.78, 5) is 25.0. The zero-order valence-electron chi connectivity index (χ0n) is 15.2. The van der Waals surface area contributed by atoms with Gasteiger partial charge in [0.2, 0.25) is 0 Å². The Hall–Kier alpha value is -3.04. The number of rotatable bonds is 3. The smallest absolute Gasteiger partial charge is 0.416 e. The molecule has 2 unspecified atom stereocenters. The second kappa shape index (κ2) is 7.09. The van der Waals surface area contributed by atoms with E-state index in [1.807, 2.05) is 0 Å². The minimum atomic E-state index is -4.42. The van der Waals surface area contributed by atoms with Crippen LogP contribution in [-0.4, -0.2) is 51.0 Å². The number of carboxylic acid groups (broad SMARTS) is 1. The molecule has 0 spiro atoms. The van der Waals surface area contributed by atoms with E-state index in [0.29, 0.717) is 25.9 Å². The first-order valence-corrected chi connectivity index (χ1v) is 9.13. The van der Waals surface area contributed by atoms with Gasteiger partial charge >= 0.3 is 18.2 Å². The third-order valence-electron chi connectivity index (χ3n) is 5.45. The number of ether oxygens (including phenoxy) is 1. The molecule has 1 N–H and O–H groups in total. The Labute approximate surface area is 163 Å². The Bertz CT molecular complexity index is 929. The molecule has 1 saturated carbocycles. The number of halogens is 3. The molecule has 4 rings (SSSR count). The molecule has 1 aromatic heterocycles. The number of alkyl halides is 3. The Morgan fingerprint density at radius 1 is 1.14 bits per heavy atom. The van der Waals surface area contributed by atoms with E-state index >= 15 is 0 Å². The number of carboxylic acids is 1. The highest BCUT2D eigenvalue weighted by Gasteiger charge is 2.44. The fraction of sp³-hybridized carbons (Fsp3) is 0.421. The number of amides is 1. The first-order valence-electron chi connectivity index (χ1n) is 9.13. The SMILES string of the molecule is O=C(O)c1ccn(C(=O)N2CC3CC(Oc4cccc(C(F)(F)F)c4)CC3C2)n1. The summed E-state index contributed by atoms with van der Waals surface area (Å²) in [6.07, 6.45) is -2.01. The maximum atomic E-state index is 12.8. The van der Waals surface area contributed by atoms with Crippen molar-refractivity contribution in [2.45, 2.75) is 25.1 Å². The highest BCUT2D eigenvalue weighted by molar-refractivity contribution is 5.86. The molecule has 2 fully saturated rings. The summed E-state index contributed by atoms with van der Waals surface area (Å²) < 4.78 is 45.3. The monoisotopic (exact) mass is 409 g/mol. The van der Waals surface area contributed by atoms with Crippen LogP contribution in [-0.2, 0) is 6.18 Å². The van der Waals surface area contributed by atoms with Crippen LogP contribution in [0.2, 0.25) is 0 Å². The summed E-state index contributed by atoms with van der Waals surface area (Å²) in [7, 11) is 0. The van der Waals surface area contributed by atoms with Crippen LogP contribution in [0.4, 0.5) is 18.0 Å². The van der Waals surface area contributed by atoms with Crippen molar-refractivity contribution in [1.29, 1.82) is 0 Å². The minimum absolute atomic E-state index is 0.184. The number of hydrogen-bond donors (Lipinski definition) is 1. The molecule has 0 bridgehead atoms. The van der Waals surface area contributed by atoms with E-state index in [-0.39, 0.29) is 35.4 Å². The van der Waals surface area contributed by atoms with E-state index < -0.39 is 17.7 Å². The third kappa shape index (κ3) is 3.92. The van der Waals surface area contributed by atoms with Crippen molar-refractivity contribution in [2.24, 2.45) is 11.8 Å². The minimum Gasteiger partial charge on any atom is -0.490 e. The first-order chi connectivity index (χ1) is 13.7. The number of benzene rings is 1.